The third-order valence-corrected chi connectivity index (χ3v) is 4.03. The van der Waals surface area contributed by atoms with Crippen LogP contribution in [0.25, 0.3) is 0 Å². The quantitative estimate of drug-likeness (QED) is 0.888. The Balaban J connectivity index is 1.90. The maximum Gasteiger partial charge on any atom is 0.267 e. The van der Waals surface area contributed by atoms with Crippen LogP contribution in [0, 0.1) is 0 Å². The zero-order valence-corrected chi connectivity index (χ0v) is 11.9. The molecule has 3 N–H and O–H groups in total. The number of nitrogens with two attached hydrogens (primary N) is 1. The van der Waals surface area contributed by atoms with Gasteiger partial charge in [0.05, 0.1) is 3.79 Å². The highest BCUT2D eigenvalue weighted by atomic mass is 79.9. The van der Waals surface area contributed by atoms with Crippen LogP contribution in [0.5, 0.6) is 0 Å². The SMILES string of the molecule is NC(=O)c1cc(NCCc2ccc(Br)s2)ccn1. The molecule has 2 aromatic rings. The van der Waals surface area contributed by atoms with E-state index in [2.05, 4.69) is 32.3 Å². The number of thiophene rings is 1. The zero-order valence-electron chi connectivity index (χ0n) is 9.52. The van der Waals surface area contributed by atoms with Gasteiger partial charge in [0.15, 0.2) is 0 Å². The van der Waals surface area contributed by atoms with E-state index < -0.39 is 5.91 Å². The molecule has 18 heavy (non-hydrogen) atoms. The van der Waals surface area contributed by atoms with Crippen molar-refractivity contribution in [3.63, 3.8) is 0 Å². The first-order valence-corrected chi connectivity index (χ1v) is 7.00. The highest BCUT2D eigenvalue weighted by Crippen LogP contribution is 2.22. The van der Waals surface area contributed by atoms with Gasteiger partial charge in [-0.1, -0.05) is 0 Å². The third kappa shape index (κ3) is 3.54. The fourth-order valence-corrected chi connectivity index (χ4v) is 2.97. The number of rotatable bonds is 5. The van der Waals surface area contributed by atoms with Crippen molar-refractivity contribution in [2.45, 2.75) is 6.42 Å². The molecule has 0 aliphatic carbocycles. The molecule has 0 fully saturated rings. The summed E-state index contributed by atoms with van der Waals surface area (Å²) in [5.41, 5.74) is 6.31. The fraction of sp³-hybridized carbons (Fsp3) is 0.167. The number of pyridine rings is 1. The summed E-state index contributed by atoms with van der Waals surface area (Å²) >= 11 is 5.15. The molecule has 0 aromatic carbocycles. The van der Waals surface area contributed by atoms with Gasteiger partial charge in [-0.15, -0.1) is 11.3 Å². The molecule has 0 aliphatic heterocycles. The average Bonchev–Trinajstić information content (AvgIpc) is 2.75. The predicted molar refractivity (Wildman–Crippen MR) is 77.0 cm³/mol. The van der Waals surface area contributed by atoms with Crippen LogP contribution in [0.1, 0.15) is 15.4 Å². The molecular weight excluding hydrogens is 314 g/mol. The number of nitrogens with one attached hydrogen (secondary N) is 1. The van der Waals surface area contributed by atoms with Crippen molar-refractivity contribution in [2.75, 3.05) is 11.9 Å². The highest BCUT2D eigenvalue weighted by Gasteiger charge is 2.03. The van der Waals surface area contributed by atoms with Crippen LogP contribution in [-0.2, 0) is 6.42 Å². The van der Waals surface area contributed by atoms with Gasteiger partial charge >= 0.3 is 0 Å². The smallest absolute Gasteiger partial charge is 0.267 e. The average molecular weight is 326 g/mol. The lowest BCUT2D eigenvalue weighted by molar-refractivity contribution is 0.0995. The molecule has 0 aliphatic rings. The standard InChI is InChI=1S/C12H12BrN3OS/c13-11-2-1-9(18-11)4-6-15-8-3-5-16-10(7-8)12(14)17/h1-3,5,7H,4,6H2,(H2,14,17)(H,15,16). The molecule has 0 radical (unpaired) electrons. The number of carbonyl (C=O) groups is 1. The topological polar surface area (TPSA) is 68.0 Å². The summed E-state index contributed by atoms with van der Waals surface area (Å²) in [6, 6.07) is 7.61. The van der Waals surface area contributed by atoms with Crippen molar-refractivity contribution in [1.82, 2.24) is 4.98 Å². The van der Waals surface area contributed by atoms with Gasteiger partial charge in [-0.3, -0.25) is 9.78 Å². The van der Waals surface area contributed by atoms with Gasteiger partial charge in [0.1, 0.15) is 5.69 Å². The van der Waals surface area contributed by atoms with Crippen molar-refractivity contribution < 1.29 is 4.79 Å². The molecule has 6 heteroatoms. The van der Waals surface area contributed by atoms with Crippen molar-refractivity contribution >= 4 is 38.9 Å². The molecule has 1 amide bonds. The Labute approximate surface area is 117 Å². The van der Waals surface area contributed by atoms with Crippen LogP contribution in [0.4, 0.5) is 5.69 Å². The molecule has 0 saturated heterocycles. The van der Waals surface area contributed by atoms with Gasteiger partial charge in [0.2, 0.25) is 0 Å². The van der Waals surface area contributed by atoms with Gasteiger partial charge in [-0.25, -0.2) is 0 Å². The van der Waals surface area contributed by atoms with E-state index in [1.807, 2.05) is 12.1 Å². The highest BCUT2D eigenvalue weighted by molar-refractivity contribution is 9.11. The maximum atomic E-state index is 11.0. The van der Waals surface area contributed by atoms with E-state index in [4.69, 9.17) is 5.73 Å². The molecule has 2 aromatic heterocycles. The summed E-state index contributed by atoms with van der Waals surface area (Å²) in [6.07, 6.45) is 2.51. The largest absolute Gasteiger partial charge is 0.385 e. The number of amides is 1. The predicted octanol–water partition coefficient (Wildman–Crippen LogP) is 2.66. The number of carbonyl (C=O) groups excluding carboxylic acids is 1. The normalized spacial score (nSPS) is 10.3. The van der Waals surface area contributed by atoms with Gasteiger partial charge in [-0.2, -0.15) is 0 Å². The van der Waals surface area contributed by atoms with Gasteiger partial charge in [0, 0.05) is 23.3 Å². The fourth-order valence-electron chi connectivity index (χ4n) is 1.49. The summed E-state index contributed by atoms with van der Waals surface area (Å²) in [5.74, 6) is -0.513. The second-order valence-corrected chi connectivity index (χ2v) is 6.22. The van der Waals surface area contributed by atoms with Crippen molar-refractivity contribution in [2.24, 2.45) is 5.73 Å². The number of nitrogens with zero attached hydrogens (tertiary/aromatic N) is 1. The van der Waals surface area contributed by atoms with Gasteiger partial charge in [-0.05, 0) is 46.6 Å². The Morgan fingerprint density at radius 2 is 2.28 bits per heavy atom. The Kier molecular flexibility index (Phi) is 4.33. The second-order valence-electron chi connectivity index (χ2n) is 3.68. The molecule has 4 nitrogen and oxygen atoms in total. The maximum absolute atomic E-state index is 11.0. The number of aromatic nitrogens is 1. The number of hydrogen-bond acceptors (Lipinski definition) is 4. The van der Waals surface area contributed by atoms with E-state index in [1.165, 1.54) is 4.88 Å². The van der Waals surface area contributed by atoms with Crippen LogP contribution in [0.3, 0.4) is 0 Å². The Morgan fingerprint density at radius 1 is 1.44 bits per heavy atom. The van der Waals surface area contributed by atoms with E-state index in [-0.39, 0.29) is 5.69 Å². The number of primary amides is 1. The molecule has 0 atom stereocenters. The summed E-state index contributed by atoms with van der Waals surface area (Å²) in [4.78, 5) is 16.2. The minimum atomic E-state index is -0.513. The molecule has 2 rings (SSSR count). The van der Waals surface area contributed by atoms with E-state index >= 15 is 0 Å². The number of halogens is 1. The van der Waals surface area contributed by atoms with E-state index in [0.29, 0.717) is 0 Å². The first-order valence-electron chi connectivity index (χ1n) is 5.39. The van der Waals surface area contributed by atoms with E-state index in [0.717, 1.165) is 22.4 Å². The summed E-state index contributed by atoms with van der Waals surface area (Å²) < 4.78 is 1.14. The minimum absolute atomic E-state index is 0.277. The molecule has 0 unspecified atom stereocenters. The molecule has 0 bridgehead atoms. The number of hydrogen-bond donors (Lipinski definition) is 2. The van der Waals surface area contributed by atoms with Crippen LogP contribution >= 0.6 is 27.3 Å². The Morgan fingerprint density at radius 3 is 2.94 bits per heavy atom. The van der Waals surface area contributed by atoms with Gasteiger partial charge < -0.3 is 11.1 Å². The lowest BCUT2D eigenvalue weighted by atomic mass is 10.3. The second kappa shape index (κ2) is 5.97. The van der Waals surface area contributed by atoms with Crippen LogP contribution < -0.4 is 11.1 Å². The first kappa shape index (κ1) is 13.0. The van der Waals surface area contributed by atoms with Crippen molar-refractivity contribution in [3.05, 3.63) is 44.8 Å². The molecular formula is C12H12BrN3OS. The minimum Gasteiger partial charge on any atom is -0.385 e. The van der Waals surface area contributed by atoms with Crippen molar-refractivity contribution in [1.29, 1.82) is 0 Å². The monoisotopic (exact) mass is 325 g/mol. The summed E-state index contributed by atoms with van der Waals surface area (Å²) in [5, 5.41) is 3.24. The molecule has 94 valence electrons. The van der Waals surface area contributed by atoms with E-state index in [1.54, 1.807) is 23.6 Å². The van der Waals surface area contributed by atoms with Gasteiger partial charge in [0.25, 0.3) is 5.91 Å². The zero-order chi connectivity index (χ0) is 13.0. The number of anilines is 1. The van der Waals surface area contributed by atoms with Crippen LogP contribution in [0.2, 0.25) is 0 Å². The molecule has 0 spiro atoms. The van der Waals surface area contributed by atoms with E-state index in [9.17, 15) is 4.79 Å². The lowest BCUT2D eigenvalue weighted by Gasteiger charge is -2.05. The van der Waals surface area contributed by atoms with Crippen molar-refractivity contribution in [3.8, 4) is 0 Å². The summed E-state index contributed by atoms with van der Waals surface area (Å²) in [6.45, 7) is 0.801. The van der Waals surface area contributed by atoms with Crippen LogP contribution in [0.15, 0.2) is 34.2 Å². The first-order chi connectivity index (χ1) is 8.65. The lowest BCUT2D eigenvalue weighted by Crippen LogP contribution is -2.13. The Bertz CT molecular complexity index is 556. The molecule has 2 heterocycles. The van der Waals surface area contributed by atoms with Crippen LogP contribution in [-0.4, -0.2) is 17.4 Å². The summed E-state index contributed by atoms with van der Waals surface area (Å²) in [7, 11) is 0. The molecule has 0 saturated carbocycles. The Hall–Kier alpha value is -1.40. The third-order valence-electron chi connectivity index (χ3n) is 2.34.